The highest BCUT2D eigenvalue weighted by Gasteiger charge is 2.23. The SMILES string of the molecule is CCOC(=O)C(C)Oc1cccc2c1CCCC2=O. The van der Waals surface area contributed by atoms with Gasteiger partial charge in [-0.25, -0.2) is 4.79 Å². The highest BCUT2D eigenvalue weighted by atomic mass is 16.6. The van der Waals surface area contributed by atoms with E-state index in [2.05, 4.69) is 0 Å². The van der Waals surface area contributed by atoms with Gasteiger partial charge in [0.15, 0.2) is 11.9 Å². The fraction of sp³-hybridized carbons (Fsp3) is 0.467. The van der Waals surface area contributed by atoms with Crippen molar-refractivity contribution >= 4 is 11.8 Å². The summed E-state index contributed by atoms with van der Waals surface area (Å²) in [6.07, 6.45) is 1.57. The fourth-order valence-corrected chi connectivity index (χ4v) is 2.25. The first-order valence-electron chi connectivity index (χ1n) is 6.62. The number of carbonyl (C=O) groups is 2. The number of benzene rings is 1. The summed E-state index contributed by atoms with van der Waals surface area (Å²) < 4.78 is 10.6. The molecule has 0 aromatic heterocycles. The first kappa shape index (κ1) is 13.6. The second-order valence-electron chi connectivity index (χ2n) is 4.57. The Bertz CT molecular complexity index is 493. The van der Waals surface area contributed by atoms with Crippen molar-refractivity contribution in [2.24, 2.45) is 0 Å². The summed E-state index contributed by atoms with van der Waals surface area (Å²) >= 11 is 0. The van der Waals surface area contributed by atoms with Crippen LogP contribution in [-0.4, -0.2) is 24.5 Å². The van der Waals surface area contributed by atoms with E-state index in [1.165, 1.54) is 0 Å². The molecule has 0 amide bonds. The lowest BCUT2D eigenvalue weighted by atomic mass is 9.90. The van der Waals surface area contributed by atoms with Crippen molar-refractivity contribution in [1.29, 1.82) is 0 Å². The van der Waals surface area contributed by atoms with E-state index in [-0.39, 0.29) is 11.8 Å². The number of ether oxygens (including phenoxy) is 2. The minimum absolute atomic E-state index is 0.149. The van der Waals surface area contributed by atoms with Crippen LogP contribution >= 0.6 is 0 Å². The maximum Gasteiger partial charge on any atom is 0.347 e. The van der Waals surface area contributed by atoms with E-state index in [4.69, 9.17) is 9.47 Å². The van der Waals surface area contributed by atoms with Crippen LogP contribution in [0.25, 0.3) is 0 Å². The van der Waals surface area contributed by atoms with E-state index in [0.717, 1.165) is 24.0 Å². The predicted octanol–water partition coefficient (Wildman–Crippen LogP) is 2.54. The zero-order valence-corrected chi connectivity index (χ0v) is 11.3. The third-order valence-corrected chi connectivity index (χ3v) is 3.19. The van der Waals surface area contributed by atoms with Gasteiger partial charge < -0.3 is 9.47 Å². The van der Waals surface area contributed by atoms with Crippen LogP contribution < -0.4 is 4.74 Å². The van der Waals surface area contributed by atoms with Crippen LogP contribution in [0.2, 0.25) is 0 Å². The van der Waals surface area contributed by atoms with E-state index in [1.807, 2.05) is 6.07 Å². The van der Waals surface area contributed by atoms with E-state index in [0.29, 0.717) is 18.8 Å². The van der Waals surface area contributed by atoms with E-state index >= 15 is 0 Å². The van der Waals surface area contributed by atoms with Gasteiger partial charge >= 0.3 is 5.97 Å². The number of carbonyl (C=O) groups excluding carboxylic acids is 2. The van der Waals surface area contributed by atoms with Gasteiger partial charge in [0.1, 0.15) is 5.75 Å². The predicted molar refractivity (Wildman–Crippen MR) is 70.4 cm³/mol. The summed E-state index contributed by atoms with van der Waals surface area (Å²) in [5, 5.41) is 0. The van der Waals surface area contributed by atoms with Gasteiger partial charge in [-0.2, -0.15) is 0 Å². The Morgan fingerprint density at radius 2 is 2.16 bits per heavy atom. The molecule has 1 aliphatic carbocycles. The molecule has 1 aliphatic rings. The van der Waals surface area contributed by atoms with Gasteiger partial charge in [-0.1, -0.05) is 12.1 Å². The van der Waals surface area contributed by atoms with Gasteiger partial charge in [-0.3, -0.25) is 4.79 Å². The molecule has 0 aliphatic heterocycles. The van der Waals surface area contributed by atoms with Gasteiger partial charge in [-0.05, 0) is 32.8 Å². The number of fused-ring (bicyclic) bond motifs is 1. The second-order valence-corrected chi connectivity index (χ2v) is 4.57. The zero-order valence-electron chi connectivity index (χ0n) is 11.3. The van der Waals surface area contributed by atoms with Crippen LogP contribution in [-0.2, 0) is 16.0 Å². The summed E-state index contributed by atoms with van der Waals surface area (Å²) in [7, 11) is 0. The highest BCUT2D eigenvalue weighted by molar-refractivity contribution is 5.99. The smallest absolute Gasteiger partial charge is 0.347 e. The molecule has 0 N–H and O–H groups in total. The van der Waals surface area contributed by atoms with Crippen LogP contribution in [0.4, 0.5) is 0 Å². The molecule has 1 unspecified atom stereocenters. The van der Waals surface area contributed by atoms with Crippen molar-refractivity contribution in [1.82, 2.24) is 0 Å². The summed E-state index contributed by atoms with van der Waals surface area (Å²) in [6, 6.07) is 5.40. The number of Topliss-reactive ketones (excluding diaryl/α,β-unsaturated/α-hetero) is 1. The molecule has 1 aromatic rings. The van der Waals surface area contributed by atoms with Crippen molar-refractivity contribution in [3.63, 3.8) is 0 Å². The number of hydrogen-bond acceptors (Lipinski definition) is 4. The number of esters is 1. The van der Waals surface area contributed by atoms with Crippen molar-refractivity contribution in [3.8, 4) is 5.75 Å². The van der Waals surface area contributed by atoms with Gasteiger partial charge in [0.2, 0.25) is 0 Å². The fourth-order valence-electron chi connectivity index (χ4n) is 2.25. The van der Waals surface area contributed by atoms with Gasteiger partial charge in [0.05, 0.1) is 6.61 Å². The quantitative estimate of drug-likeness (QED) is 0.782. The topological polar surface area (TPSA) is 52.6 Å². The molecule has 0 saturated carbocycles. The minimum atomic E-state index is -0.663. The Kier molecular flexibility index (Phi) is 4.20. The molecule has 4 nitrogen and oxygen atoms in total. The van der Waals surface area contributed by atoms with Gasteiger partial charge in [0, 0.05) is 17.5 Å². The lowest BCUT2D eigenvalue weighted by Gasteiger charge is -2.20. The first-order valence-corrected chi connectivity index (χ1v) is 6.62. The molecule has 4 heteroatoms. The third-order valence-electron chi connectivity index (χ3n) is 3.19. The molecule has 0 saturated heterocycles. The standard InChI is InChI=1S/C15H18O4/c1-3-18-15(17)10(2)19-14-9-5-6-11-12(14)7-4-8-13(11)16/h5-6,9-10H,3-4,7-8H2,1-2H3. The van der Waals surface area contributed by atoms with Crippen molar-refractivity contribution in [3.05, 3.63) is 29.3 Å². The third kappa shape index (κ3) is 2.95. The largest absolute Gasteiger partial charge is 0.479 e. The average Bonchev–Trinajstić information content (AvgIpc) is 2.40. The van der Waals surface area contributed by atoms with Gasteiger partial charge in [-0.15, -0.1) is 0 Å². The van der Waals surface area contributed by atoms with Crippen LogP contribution in [0.15, 0.2) is 18.2 Å². The normalized spacial score (nSPS) is 15.6. The Balaban J connectivity index is 2.19. The molecule has 102 valence electrons. The number of hydrogen-bond donors (Lipinski definition) is 0. The number of ketones is 1. The van der Waals surface area contributed by atoms with E-state index in [9.17, 15) is 9.59 Å². The lowest BCUT2D eigenvalue weighted by Crippen LogP contribution is -2.27. The molecule has 0 spiro atoms. The summed E-state index contributed by atoms with van der Waals surface area (Å²) in [4.78, 5) is 23.4. The number of rotatable bonds is 4. The van der Waals surface area contributed by atoms with Crippen LogP contribution in [0.1, 0.15) is 42.6 Å². The molecule has 0 bridgehead atoms. The van der Waals surface area contributed by atoms with Crippen LogP contribution in [0.3, 0.4) is 0 Å². The van der Waals surface area contributed by atoms with Crippen molar-refractivity contribution < 1.29 is 19.1 Å². The first-order chi connectivity index (χ1) is 9.13. The molecule has 0 radical (unpaired) electrons. The van der Waals surface area contributed by atoms with Crippen LogP contribution in [0.5, 0.6) is 5.75 Å². The minimum Gasteiger partial charge on any atom is -0.479 e. The highest BCUT2D eigenvalue weighted by Crippen LogP contribution is 2.30. The van der Waals surface area contributed by atoms with E-state index in [1.54, 1.807) is 26.0 Å². The van der Waals surface area contributed by atoms with Crippen LogP contribution in [0, 0.1) is 0 Å². The second kappa shape index (κ2) is 5.87. The molecular weight excluding hydrogens is 244 g/mol. The van der Waals surface area contributed by atoms with E-state index < -0.39 is 6.10 Å². The molecule has 0 fully saturated rings. The lowest BCUT2D eigenvalue weighted by molar-refractivity contribution is -0.150. The Morgan fingerprint density at radius 1 is 1.37 bits per heavy atom. The monoisotopic (exact) mass is 262 g/mol. The summed E-state index contributed by atoms with van der Waals surface area (Å²) in [6.45, 7) is 3.74. The van der Waals surface area contributed by atoms with Crippen molar-refractivity contribution in [2.45, 2.75) is 39.2 Å². The molecule has 0 heterocycles. The maximum atomic E-state index is 11.8. The average molecular weight is 262 g/mol. The molecule has 1 aromatic carbocycles. The zero-order chi connectivity index (χ0) is 13.8. The Hall–Kier alpha value is -1.84. The molecular formula is C15H18O4. The Morgan fingerprint density at radius 3 is 2.89 bits per heavy atom. The molecule has 1 atom stereocenters. The summed E-state index contributed by atoms with van der Waals surface area (Å²) in [5.74, 6) is 0.379. The maximum absolute atomic E-state index is 11.8. The van der Waals surface area contributed by atoms with Crippen molar-refractivity contribution in [2.75, 3.05) is 6.61 Å². The summed E-state index contributed by atoms with van der Waals surface area (Å²) in [5.41, 5.74) is 1.63. The Labute approximate surface area is 112 Å². The molecule has 19 heavy (non-hydrogen) atoms. The molecule has 2 rings (SSSR count). The van der Waals surface area contributed by atoms with Gasteiger partial charge in [0.25, 0.3) is 0 Å².